The molecule has 0 fully saturated rings. The van der Waals surface area contributed by atoms with Crippen molar-refractivity contribution < 1.29 is 0 Å². The fourth-order valence-electron chi connectivity index (χ4n) is 1.55. The quantitative estimate of drug-likeness (QED) is 0.753. The van der Waals surface area contributed by atoms with Gasteiger partial charge in [-0.25, -0.2) is 4.98 Å². The summed E-state index contributed by atoms with van der Waals surface area (Å²) in [5.74, 6) is 0.515. The summed E-state index contributed by atoms with van der Waals surface area (Å²) in [6.45, 7) is 2.01. The van der Waals surface area contributed by atoms with Gasteiger partial charge in [-0.05, 0) is 12.5 Å². The van der Waals surface area contributed by atoms with Crippen LogP contribution in [0, 0.1) is 0 Å². The molecule has 0 aromatic carbocycles. The predicted molar refractivity (Wildman–Crippen MR) is 58.4 cm³/mol. The van der Waals surface area contributed by atoms with Gasteiger partial charge in [0.2, 0.25) is 0 Å². The van der Waals surface area contributed by atoms with Crippen molar-refractivity contribution in [1.29, 1.82) is 0 Å². The van der Waals surface area contributed by atoms with Crippen LogP contribution in [0.15, 0.2) is 12.3 Å². The molecule has 0 saturated carbocycles. The molecule has 4 N–H and O–H groups in total. The lowest BCUT2D eigenvalue weighted by molar-refractivity contribution is 1.000. The highest BCUT2D eigenvalue weighted by Gasteiger charge is 2.10. The van der Waals surface area contributed by atoms with Crippen LogP contribution in [0.4, 0.5) is 11.5 Å². The molecule has 2 heterocycles. The summed E-state index contributed by atoms with van der Waals surface area (Å²) in [4.78, 5) is 4.18. The number of aryl methyl sites for hydroxylation is 1. The van der Waals surface area contributed by atoms with Crippen molar-refractivity contribution in [1.82, 2.24) is 9.38 Å². The highest BCUT2D eigenvalue weighted by Crippen LogP contribution is 2.23. The molecule has 0 saturated heterocycles. The van der Waals surface area contributed by atoms with Crippen LogP contribution in [0.1, 0.15) is 12.6 Å². The second kappa shape index (κ2) is 3.06. The van der Waals surface area contributed by atoms with Crippen molar-refractivity contribution in [3.8, 4) is 0 Å². The van der Waals surface area contributed by atoms with E-state index < -0.39 is 0 Å². The molecule has 2 rings (SSSR count). The first kappa shape index (κ1) is 9.15. The van der Waals surface area contributed by atoms with E-state index in [2.05, 4.69) is 4.98 Å². The fourth-order valence-corrected chi connectivity index (χ4v) is 1.77. The SMILES string of the molecule is CCc1c(N)nc2c(N)cc(Cl)cn12. The maximum atomic E-state index is 5.89. The van der Waals surface area contributed by atoms with E-state index in [1.807, 2.05) is 11.3 Å². The number of rotatable bonds is 1. The summed E-state index contributed by atoms with van der Waals surface area (Å²) < 4.78 is 1.84. The molecular weight excluding hydrogens is 200 g/mol. The Morgan fingerprint density at radius 1 is 1.50 bits per heavy atom. The van der Waals surface area contributed by atoms with Gasteiger partial charge in [0.25, 0.3) is 0 Å². The van der Waals surface area contributed by atoms with Crippen molar-refractivity contribution >= 4 is 28.8 Å². The van der Waals surface area contributed by atoms with E-state index in [-0.39, 0.29) is 0 Å². The van der Waals surface area contributed by atoms with Gasteiger partial charge in [0.05, 0.1) is 16.4 Å². The molecule has 0 aliphatic rings. The third-order valence-corrected chi connectivity index (χ3v) is 2.39. The van der Waals surface area contributed by atoms with Crippen LogP contribution < -0.4 is 11.5 Å². The molecule has 0 radical (unpaired) electrons. The van der Waals surface area contributed by atoms with Gasteiger partial charge >= 0.3 is 0 Å². The topological polar surface area (TPSA) is 69.3 Å². The van der Waals surface area contributed by atoms with Gasteiger partial charge in [-0.15, -0.1) is 0 Å². The number of aromatic nitrogens is 2. The van der Waals surface area contributed by atoms with E-state index in [1.54, 1.807) is 12.3 Å². The third-order valence-electron chi connectivity index (χ3n) is 2.18. The third kappa shape index (κ3) is 1.19. The summed E-state index contributed by atoms with van der Waals surface area (Å²) in [6.07, 6.45) is 2.57. The van der Waals surface area contributed by atoms with E-state index in [0.717, 1.165) is 12.1 Å². The maximum Gasteiger partial charge on any atom is 0.162 e. The molecule has 2 aromatic rings. The predicted octanol–water partition coefficient (Wildman–Crippen LogP) is 1.71. The van der Waals surface area contributed by atoms with Crippen LogP contribution >= 0.6 is 11.6 Å². The van der Waals surface area contributed by atoms with Crippen LogP contribution in [0.2, 0.25) is 5.02 Å². The number of anilines is 2. The molecule has 0 spiro atoms. The summed E-state index contributed by atoms with van der Waals surface area (Å²) >= 11 is 5.89. The molecule has 0 aliphatic heterocycles. The molecule has 2 aromatic heterocycles. The fraction of sp³-hybridized carbons (Fsp3) is 0.222. The zero-order chi connectivity index (χ0) is 10.3. The Labute approximate surface area is 86.5 Å². The Hall–Kier alpha value is -1.42. The van der Waals surface area contributed by atoms with E-state index in [4.69, 9.17) is 23.1 Å². The second-order valence-corrected chi connectivity index (χ2v) is 3.54. The van der Waals surface area contributed by atoms with Gasteiger partial charge in [-0.1, -0.05) is 18.5 Å². The van der Waals surface area contributed by atoms with Crippen molar-refractivity contribution in [3.05, 3.63) is 23.0 Å². The lowest BCUT2D eigenvalue weighted by Gasteiger charge is -2.01. The molecule has 74 valence electrons. The van der Waals surface area contributed by atoms with Crippen LogP contribution in [0.3, 0.4) is 0 Å². The van der Waals surface area contributed by atoms with Gasteiger partial charge in [0.1, 0.15) is 5.82 Å². The zero-order valence-corrected chi connectivity index (χ0v) is 8.54. The molecule has 0 atom stereocenters. The van der Waals surface area contributed by atoms with Crippen molar-refractivity contribution in [3.63, 3.8) is 0 Å². The largest absolute Gasteiger partial charge is 0.396 e. The minimum atomic E-state index is 0.515. The van der Waals surface area contributed by atoms with Crippen molar-refractivity contribution in [2.75, 3.05) is 11.5 Å². The number of fused-ring (bicyclic) bond motifs is 1. The van der Waals surface area contributed by atoms with Crippen LogP contribution in [0.25, 0.3) is 5.65 Å². The van der Waals surface area contributed by atoms with Gasteiger partial charge in [-0.2, -0.15) is 0 Å². The van der Waals surface area contributed by atoms with E-state index in [9.17, 15) is 0 Å². The molecule has 14 heavy (non-hydrogen) atoms. The number of nitrogens with two attached hydrogens (primary N) is 2. The summed E-state index contributed by atoms with van der Waals surface area (Å²) in [6, 6.07) is 1.67. The molecule has 0 unspecified atom stereocenters. The monoisotopic (exact) mass is 210 g/mol. The van der Waals surface area contributed by atoms with Crippen LogP contribution in [0.5, 0.6) is 0 Å². The first-order valence-electron chi connectivity index (χ1n) is 4.35. The number of halogens is 1. The normalized spacial score (nSPS) is 11.0. The average Bonchev–Trinajstić information content (AvgIpc) is 2.41. The van der Waals surface area contributed by atoms with Gasteiger partial charge in [-0.3, -0.25) is 4.40 Å². The Morgan fingerprint density at radius 3 is 2.86 bits per heavy atom. The highest BCUT2D eigenvalue weighted by molar-refractivity contribution is 6.30. The number of nitrogen functional groups attached to an aromatic ring is 2. The second-order valence-electron chi connectivity index (χ2n) is 3.10. The number of pyridine rings is 1. The van der Waals surface area contributed by atoms with Crippen LogP contribution in [-0.4, -0.2) is 9.38 Å². The molecule has 5 heteroatoms. The van der Waals surface area contributed by atoms with Crippen molar-refractivity contribution in [2.24, 2.45) is 0 Å². The first-order valence-corrected chi connectivity index (χ1v) is 4.72. The Kier molecular flexibility index (Phi) is 2.00. The molecular formula is C9H11ClN4. The smallest absolute Gasteiger partial charge is 0.162 e. The van der Waals surface area contributed by atoms with E-state index in [0.29, 0.717) is 22.2 Å². The molecule has 0 aliphatic carbocycles. The average molecular weight is 211 g/mol. The number of imidazole rings is 1. The Bertz CT molecular complexity index is 489. The highest BCUT2D eigenvalue weighted by atomic mass is 35.5. The number of hydrogen-bond acceptors (Lipinski definition) is 3. The van der Waals surface area contributed by atoms with Gasteiger partial charge < -0.3 is 11.5 Å². The first-order chi connectivity index (χ1) is 6.63. The number of nitrogens with zero attached hydrogens (tertiary/aromatic N) is 2. The maximum absolute atomic E-state index is 5.89. The van der Waals surface area contributed by atoms with E-state index >= 15 is 0 Å². The van der Waals surface area contributed by atoms with Gasteiger partial charge in [0.15, 0.2) is 5.65 Å². The summed E-state index contributed by atoms with van der Waals surface area (Å²) in [5.41, 5.74) is 13.7. The van der Waals surface area contributed by atoms with Crippen LogP contribution in [-0.2, 0) is 6.42 Å². The standard InChI is InChI=1S/C9H11ClN4/c1-2-7-8(12)13-9-6(11)3-5(10)4-14(7)9/h3-4H,2,11-12H2,1H3. The molecule has 4 nitrogen and oxygen atoms in total. The molecule has 0 amide bonds. The lowest BCUT2D eigenvalue weighted by Crippen LogP contribution is -1.96. The van der Waals surface area contributed by atoms with Gasteiger partial charge in [0, 0.05) is 6.20 Å². The minimum Gasteiger partial charge on any atom is -0.396 e. The molecule has 0 bridgehead atoms. The zero-order valence-electron chi connectivity index (χ0n) is 7.79. The Balaban J connectivity index is 2.87. The van der Waals surface area contributed by atoms with Crippen molar-refractivity contribution in [2.45, 2.75) is 13.3 Å². The van der Waals surface area contributed by atoms with E-state index in [1.165, 1.54) is 0 Å². The summed E-state index contributed by atoms with van der Waals surface area (Å²) in [5, 5.41) is 0.585. The lowest BCUT2D eigenvalue weighted by atomic mass is 10.3. The summed E-state index contributed by atoms with van der Waals surface area (Å²) in [7, 11) is 0. The number of hydrogen-bond donors (Lipinski definition) is 2. The Morgan fingerprint density at radius 2 is 2.21 bits per heavy atom. The minimum absolute atomic E-state index is 0.515.